The molecule has 5 heteroatoms. The predicted octanol–water partition coefficient (Wildman–Crippen LogP) is 0.402. The molecule has 1 aliphatic rings. The molecule has 0 radical (unpaired) electrons. The molecule has 0 aromatic rings. The Bertz CT molecular complexity index is 219. The first-order valence-electron chi connectivity index (χ1n) is 5.08. The van der Waals surface area contributed by atoms with Crippen LogP contribution in [-0.4, -0.2) is 55.6 Å². The van der Waals surface area contributed by atoms with Gasteiger partial charge in [0.1, 0.15) is 0 Å². The van der Waals surface area contributed by atoms with Gasteiger partial charge in [0.2, 0.25) is 0 Å². The Balaban J connectivity index is 2.20. The minimum absolute atomic E-state index is 0.287. The van der Waals surface area contributed by atoms with Gasteiger partial charge in [0.15, 0.2) is 5.79 Å². The van der Waals surface area contributed by atoms with E-state index < -0.39 is 11.8 Å². The first kappa shape index (κ1) is 12.4. The van der Waals surface area contributed by atoms with Crippen LogP contribution in [0.15, 0.2) is 0 Å². The third-order valence-corrected chi connectivity index (χ3v) is 2.97. The first-order valence-corrected chi connectivity index (χ1v) is 5.08. The number of aliphatic carboxylic acids is 1. The molecule has 0 amide bonds. The van der Waals surface area contributed by atoms with E-state index in [1.807, 2.05) is 0 Å². The Hall–Kier alpha value is -0.650. The third kappa shape index (κ3) is 2.90. The largest absolute Gasteiger partial charge is 0.481 e. The first-order chi connectivity index (χ1) is 7.03. The third-order valence-electron chi connectivity index (χ3n) is 2.97. The zero-order chi connectivity index (χ0) is 11.5. The van der Waals surface area contributed by atoms with Crippen LogP contribution < -0.4 is 0 Å². The van der Waals surface area contributed by atoms with Gasteiger partial charge in [0.05, 0.1) is 19.0 Å². The lowest BCUT2D eigenvalue weighted by atomic mass is 10.0. The van der Waals surface area contributed by atoms with Crippen molar-refractivity contribution in [3.8, 4) is 0 Å². The van der Waals surface area contributed by atoms with Crippen LogP contribution in [0.1, 0.15) is 13.3 Å². The van der Waals surface area contributed by atoms with E-state index in [1.54, 1.807) is 21.1 Å². The zero-order valence-electron chi connectivity index (χ0n) is 9.52. The van der Waals surface area contributed by atoms with Crippen molar-refractivity contribution >= 4 is 5.97 Å². The molecule has 0 spiro atoms. The Morgan fingerprint density at radius 1 is 1.47 bits per heavy atom. The molecule has 1 saturated heterocycles. The summed E-state index contributed by atoms with van der Waals surface area (Å²) in [4.78, 5) is 12.7. The highest BCUT2D eigenvalue weighted by atomic mass is 16.7. The van der Waals surface area contributed by atoms with E-state index in [0.717, 1.165) is 6.54 Å². The maximum atomic E-state index is 10.6. The molecule has 0 aromatic carbocycles. The molecule has 0 aliphatic carbocycles. The van der Waals surface area contributed by atoms with E-state index in [2.05, 4.69) is 4.90 Å². The summed E-state index contributed by atoms with van der Waals surface area (Å²) in [5.41, 5.74) is 0. The Kier molecular flexibility index (Phi) is 4.07. The average molecular weight is 217 g/mol. The maximum absolute atomic E-state index is 10.6. The van der Waals surface area contributed by atoms with Crippen molar-refractivity contribution in [3.05, 3.63) is 0 Å². The summed E-state index contributed by atoms with van der Waals surface area (Å²) in [7, 11) is 3.25. The molecule has 0 bridgehead atoms. The molecule has 1 N–H and O–H groups in total. The van der Waals surface area contributed by atoms with E-state index in [4.69, 9.17) is 14.6 Å². The van der Waals surface area contributed by atoms with Gasteiger partial charge in [-0.25, -0.2) is 0 Å². The number of likely N-dealkylation sites (tertiary alicyclic amines) is 1. The molecule has 1 aliphatic heterocycles. The number of hydrogen-bond donors (Lipinski definition) is 1. The second-order valence-electron chi connectivity index (χ2n) is 4.06. The fraction of sp³-hybridized carbons (Fsp3) is 0.900. The Morgan fingerprint density at radius 3 is 2.40 bits per heavy atom. The summed E-state index contributed by atoms with van der Waals surface area (Å²) >= 11 is 0. The molecule has 0 aromatic heterocycles. The molecule has 5 nitrogen and oxygen atoms in total. The SMILES string of the molecule is COC1(OC)CN(CCC(C)C(=O)O)C1. The van der Waals surface area contributed by atoms with Crippen molar-refractivity contribution in [1.29, 1.82) is 0 Å². The molecule has 1 fully saturated rings. The molecule has 88 valence electrons. The lowest BCUT2D eigenvalue weighted by Gasteiger charge is -2.47. The van der Waals surface area contributed by atoms with Crippen LogP contribution >= 0.6 is 0 Å². The molecule has 15 heavy (non-hydrogen) atoms. The number of carboxylic acid groups (broad SMARTS) is 1. The molecular weight excluding hydrogens is 198 g/mol. The van der Waals surface area contributed by atoms with Crippen LogP contribution in [0.3, 0.4) is 0 Å². The summed E-state index contributed by atoms with van der Waals surface area (Å²) in [6, 6.07) is 0. The van der Waals surface area contributed by atoms with Crippen LogP contribution in [0.5, 0.6) is 0 Å². The number of hydrogen-bond acceptors (Lipinski definition) is 4. The second-order valence-corrected chi connectivity index (χ2v) is 4.06. The van der Waals surface area contributed by atoms with Gasteiger partial charge in [-0.2, -0.15) is 0 Å². The van der Waals surface area contributed by atoms with Gasteiger partial charge < -0.3 is 14.6 Å². The fourth-order valence-electron chi connectivity index (χ4n) is 1.63. The molecule has 1 atom stereocenters. The van der Waals surface area contributed by atoms with Gasteiger partial charge in [-0.1, -0.05) is 6.92 Å². The van der Waals surface area contributed by atoms with Crippen molar-refractivity contribution in [2.75, 3.05) is 33.9 Å². The van der Waals surface area contributed by atoms with Gasteiger partial charge in [0, 0.05) is 14.2 Å². The van der Waals surface area contributed by atoms with E-state index in [1.165, 1.54) is 0 Å². The van der Waals surface area contributed by atoms with Gasteiger partial charge in [-0.3, -0.25) is 9.69 Å². The minimum Gasteiger partial charge on any atom is -0.481 e. The van der Waals surface area contributed by atoms with Gasteiger partial charge in [-0.05, 0) is 13.0 Å². The van der Waals surface area contributed by atoms with Gasteiger partial charge in [0.25, 0.3) is 0 Å². The number of methoxy groups -OCH3 is 2. The van der Waals surface area contributed by atoms with Crippen molar-refractivity contribution in [2.24, 2.45) is 5.92 Å². The van der Waals surface area contributed by atoms with Crippen LogP contribution in [0.2, 0.25) is 0 Å². The van der Waals surface area contributed by atoms with Crippen molar-refractivity contribution in [1.82, 2.24) is 4.90 Å². The number of carboxylic acids is 1. The summed E-state index contributed by atoms with van der Waals surface area (Å²) in [6.07, 6.45) is 0.666. The second kappa shape index (κ2) is 4.92. The van der Waals surface area contributed by atoms with E-state index in [0.29, 0.717) is 19.5 Å². The average Bonchev–Trinajstić information content (AvgIpc) is 2.16. The standard InChI is InChI=1S/C10H19NO4/c1-8(9(12)13)4-5-11-6-10(7-11,14-2)15-3/h8H,4-7H2,1-3H3,(H,12,13). The highest BCUT2D eigenvalue weighted by Crippen LogP contribution is 2.25. The minimum atomic E-state index is -0.736. The highest BCUT2D eigenvalue weighted by Gasteiger charge is 2.43. The van der Waals surface area contributed by atoms with Gasteiger partial charge in [-0.15, -0.1) is 0 Å². The monoisotopic (exact) mass is 217 g/mol. The summed E-state index contributed by atoms with van der Waals surface area (Å²) in [6.45, 7) is 3.93. The smallest absolute Gasteiger partial charge is 0.306 e. The van der Waals surface area contributed by atoms with Crippen LogP contribution in [-0.2, 0) is 14.3 Å². The summed E-state index contributed by atoms with van der Waals surface area (Å²) in [5.74, 6) is -1.49. The van der Waals surface area contributed by atoms with Crippen LogP contribution in [0.25, 0.3) is 0 Å². The lowest BCUT2D eigenvalue weighted by molar-refractivity contribution is -0.275. The quantitative estimate of drug-likeness (QED) is 0.653. The number of carbonyl (C=O) groups is 1. The number of ether oxygens (including phenoxy) is 2. The normalized spacial score (nSPS) is 22.1. The molecule has 1 unspecified atom stereocenters. The van der Waals surface area contributed by atoms with Crippen LogP contribution in [0.4, 0.5) is 0 Å². The Morgan fingerprint density at radius 2 is 2.00 bits per heavy atom. The molecular formula is C10H19NO4. The van der Waals surface area contributed by atoms with Crippen molar-refractivity contribution < 1.29 is 19.4 Å². The molecule has 1 heterocycles. The number of rotatable bonds is 6. The lowest BCUT2D eigenvalue weighted by Crippen LogP contribution is -2.64. The summed E-state index contributed by atoms with van der Waals surface area (Å²) < 4.78 is 10.5. The van der Waals surface area contributed by atoms with E-state index in [-0.39, 0.29) is 5.92 Å². The van der Waals surface area contributed by atoms with Crippen LogP contribution in [0, 0.1) is 5.92 Å². The molecule has 1 rings (SSSR count). The van der Waals surface area contributed by atoms with Crippen molar-refractivity contribution in [2.45, 2.75) is 19.1 Å². The van der Waals surface area contributed by atoms with Crippen molar-refractivity contribution in [3.63, 3.8) is 0 Å². The maximum Gasteiger partial charge on any atom is 0.306 e. The van der Waals surface area contributed by atoms with E-state index >= 15 is 0 Å². The van der Waals surface area contributed by atoms with Gasteiger partial charge >= 0.3 is 5.97 Å². The predicted molar refractivity (Wildman–Crippen MR) is 54.6 cm³/mol. The highest BCUT2D eigenvalue weighted by molar-refractivity contribution is 5.69. The topological polar surface area (TPSA) is 59.0 Å². The zero-order valence-corrected chi connectivity index (χ0v) is 9.52. The van der Waals surface area contributed by atoms with E-state index in [9.17, 15) is 4.79 Å². The molecule has 0 saturated carbocycles. The fourth-order valence-corrected chi connectivity index (χ4v) is 1.63. The number of nitrogens with zero attached hydrogens (tertiary/aromatic N) is 1. The Labute approximate surface area is 90.0 Å². The summed E-state index contributed by atoms with van der Waals surface area (Å²) in [5, 5.41) is 8.71.